The number of hydrogen-bond acceptors (Lipinski definition) is 1. The first kappa shape index (κ1) is 7.85. The van der Waals surface area contributed by atoms with Gasteiger partial charge in [0.25, 0.3) is 0 Å². The molecular weight excluding hydrogens is 142 g/mol. The van der Waals surface area contributed by atoms with Gasteiger partial charge in [0.2, 0.25) is 0 Å². The molecule has 0 saturated carbocycles. The van der Waals surface area contributed by atoms with E-state index >= 15 is 0 Å². The van der Waals surface area contributed by atoms with Crippen LogP contribution in [0.4, 0.5) is 0 Å². The fourth-order valence-electron chi connectivity index (χ4n) is 1.01. The predicted octanol–water partition coefficient (Wildman–Crippen LogP) is 0.961. The number of nitrogens with zero attached hydrogens (tertiary/aromatic N) is 1. The fourth-order valence-corrected chi connectivity index (χ4v) is 1.01. The molecule has 0 saturated heterocycles. The van der Waals surface area contributed by atoms with Gasteiger partial charge in [0, 0.05) is 18.9 Å². The maximum absolute atomic E-state index is 10.3. The third-order valence-corrected chi connectivity index (χ3v) is 1.83. The molecule has 60 valence electrons. The highest BCUT2D eigenvalue weighted by Gasteiger charge is 2.05. The molecule has 0 unspecified atom stereocenters. The molecule has 0 aliphatic rings. The van der Waals surface area contributed by atoms with Gasteiger partial charge in [0.05, 0.1) is 6.42 Å². The number of aryl methyl sites for hydroxylation is 1. The quantitative estimate of drug-likeness (QED) is 0.687. The first-order valence-corrected chi connectivity index (χ1v) is 3.44. The third kappa shape index (κ3) is 1.61. The molecular formula is C8H11NO2. The van der Waals surface area contributed by atoms with Gasteiger partial charge in [0.15, 0.2) is 0 Å². The Labute approximate surface area is 65.3 Å². The van der Waals surface area contributed by atoms with Gasteiger partial charge in [-0.05, 0) is 18.6 Å². The summed E-state index contributed by atoms with van der Waals surface area (Å²) in [7, 11) is 1.90. The maximum Gasteiger partial charge on any atom is 0.307 e. The number of carboxylic acids is 1. The maximum atomic E-state index is 10.3. The Kier molecular flexibility index (Phi) is 1.98. The van der Waals surface area contributed by atoms with Crippen LogP contribution < -0.4 is 0 Å². The highest BCUT2D eigenvalue weighted by molar-refractivity contribution is 5.70. The molecule has 0 aromatic carbocycles. The second-order valence-corrected chi connectivity index (χ2v) is 2.61. The average molecular weight is 153 g/mol. The van der Waals surface area contributed by atoms with Gasteiger partial charge in [0.1, 0.15) is 0 Å². The van der Waals surface area contributed by atoms with Crippen LogP contribution in [-0.4, -0.2) is 15.6 Å². The second-order valence-electron chi connectivity index (χ2n) is 2.61. The van der Waals surface area contributed by atoms with E-state index in [0.717, 1.165) is 11.3 Å². The summed E-state index contributed by atoms with van der Waals surface area (Å²) in [5, 5.41) is 8.49. The number of carboxylic acid groups (broad SMARTS) is 1. The van der Waals surface area contributed by atoms with Crippen LogP contribution in [0.15, 0.2) is 12.3 Å². The minimum absolute atomic E-state index is 0.118. The molecule has 0 atom stereocenters. The lowest BCUT2D eigenvalue weighted by Crippen LogP contribution is -2.01. The monoisotopic (exact) mass is 153 g/mol. The Morgan fingerprint density at radius 3 is 2.73 bits per heavy atom. The summed E-state index contributed by atoms with van der Waals surface area (Å²) in [5.41, 5.74) is 1.91. The van der Waals surface area contributed by atoms with E-state index in [9.17, 15) is 4.79 Å². The second kappa shape index (κ2) is 2.78. The number of hydrogen-bond donors (Lipinski definition) is 1. The molecule has 0 radical (unpaired) electrons. The van der Waals surface area contributed by atoms with Gasteiger partial charge in [-0.15, -0.1) is 0 Å². The summed E-state index contributed by atoms with van der Waals surface area (Å²) in [6.45, 7) is 1.91. The molecule has 0 amide bonds. The molecule has 1 aromatic rings. The molecule has 0 aliphatic heterocycles. The Morgan fingerprint density at radius 2 is 2.36 bits per heavy atom. The van der Waals surface area contributed by atoms with Crippen LogP contribution in [0.1, 0.15) is 11.3 Å². The highest BCUT2D eigenvalue weighted by atomic mass is 16.4. The van der Waals surface area contributed by atoms with Crippen molar-refractivity contribution >= 4 is 5.97 Å². The minimum Gasteiger partial charge on any atom is -0.481 e. The highest BCUT2D eigenvalue weighted by Crippen LogP contribution is 2.08. The van der Waals surface area contributed by atoms with Crippen LogP contribution in [0.3, 0.4) is 0 Å². The smallest absolute Gasteiger partial charge is 0.307 e. The fraction of sp³-hybridized carbons (Fsp3) is 0.375. The van der Waals surface area contributed by atoms with Gasteiger partial charge in [-0.3, -0.25) is 4.79 Å². The van der Waals surface area contributed by atoms with Crippen LogP contribution in [-0.2, 0) is 18.3 Å². The summed E-state index contributed by atoms with van der Waals surface area (Å²) in [6, 6.07) is 1.84. The Morgan fingerprint density at radius 1 is 1.73 bits per heavy atom. The number of rotatable bonds is 2. The van der Waals surface area contributed by atoms with E-state index in [-0.39, 0.29) is 6.42 Å². The average Bonchev–Trinajstić information content (AvgIpc) is 2.18. The normalized spacial score (nSPS) is 10.0. The molecule has 1 rings (SSSR count). The summed E-state index contributed by atoms with van der Waals surface area (Å²) < 4.78 is 1.91. The van der Waals surface area contributed by atoms with E-state index in [1.807, 2.05) is 30.8 Å². The predicted molar refractivity (Wildman–Crippen MR) is 41.5 cm³/mol. The Balaban J connectivity index is 2.87. The van der Waals surface area contributed by atoms with Crippen molar-refractivity contribution in [3.63, 3.8) is 0 Å². The van der Waals surface area contributed by atoms with Crippen LogP contribution in [0.2, 0.25) is 0 Å². The zero-order valence-corrected chi connectivity index (χ0v) is 6.66. The van der Waals surface area contributed by atoms with Gasteiger partial charge in [-0.2, -0.15) is 0 Å². The summed E-state index contributed by atoms with van der Waals surface area (Å²) in [5.74, 6) is -0.778. The molecule has 0 bridgehead atoms. The third-order valence-electron chi connectivity index (χ3n) is 1.83. The minimum atomic E-state index is -0.778. The lowest BCUT2D eigenvalue weighted by Gasteiger charge is -1.97. The van der Waals surface area contributed by atoms with Crippen LogP contribution >= 0.6 is 0 Å². The largest absolute Gasteiger partial charge is 0.481 e. The molecule has 1 aromatic heterocycles. The van der Waals surface area contributed by atoms with Crippen molar-refractivity contribution in [2.24, 2.45) is 7.05 Å². The first-order chi connectivity index (χ1) is 5.11. The Hall–Kier alpha value is -1.25. The molecule has 0 spiro atoms. The van der Waals surface area contributed by atoms with Crippen LogP contribution in [0.5, 0.6) is 0 Å². The van der Waals surface area contributed by atoms with Gasteiger partial charge in [-0.25, -0.2) is 0 Å². The lowest BCUT2D eigenvalue weighted by molar-refractivity contribution is -0.136. The molecule has 0 aliphatic carbocycles. The first-order valence-electron chi connectivity index (χ1n) is 3.44. The van der Waals surface area contributed by atoms with E-state index in [4.69, 9.17) is 5.11 Å². The van der Waals surface area contributed by atoms with Crippen molar-refractivity contribution < 1.29 is 9.90 Å². The van der Waals surface area contributed by atoms with Crippen LogP contribution in [0, 0.1) is 6.92 Å². The van der Waals surface area contributed by atoms with Crippen LogP contribution in [0.25, 0.3) is 0 Å². The summed E-state index contributed by atoms with van der Waals surface area (Å²) in [4.78, 5) is 10.3. The zero-order valence-electron chi connectivity index (χ0n) is 6.66. The molecule has 3 nitrogen and oxygen atoms in total. The topological polar surface area (TPSA) is 42.2 Å². The van der Waals surface area contributed by atoms with E-state index in [2.05, 4.69) is 0 Å². The molecule has 3 heteroatoms. The van der Waals surface area contributed by atoms with Crippen molar-refractivity contribution in [1.29, 1.82) is 0 Å². The summed E-state index contributed by atoms with van der Waals surface area (Å²) >= 11 is 0. The summed E-state index contributed by atoms with van der Waals surface area (Å²) in [6.07, 6.45) is 1.99. The van der Waals surface area contributed by atoms with E-state index < -0.39 is 5.97 Å². The van der Waals surface area contributed by atoms with E-state index in [0.29, 0.717) is 0 Å². The number of carbonyl (C=O) groups is 1. The van der Waals surface area contributed by atoms with Gasteiger partial charge < -0.3 is 9.67 Å². The number of aliphatic carboxylic acids is 1. The zero-order chi connectivity index (χ0) is 8.43. The van der Waals surface area contributed by atoms with Gasteiger partial charge in [-0.1, -0.05) is 0 Å². The van der Waals surface area contributed by atoms with Crippen molar-refractivity contribution in [1.82, 2.24) is 4.57 Å². The molecule has 1 N–H and O–H groups in total. The van der Waals surface area contributed by atoms with Gasteiger partial charge >= 0.3 is 5.97 Å². The van der Waals surface area contributed by atoms with Crippen molar-refractivity contribution in [3.05, 3.63) is 23.5 Å². The number of aromatic nitrogens is 1. The van der Waals surface area contributed by atoms with Crippen molar-refractivity contribution in [2.45, 2.75) is 13.3 Å². The molecule has 1 heterocycles. The SMILES string of the molecule is Cc1c(CC(=O)O)ccn1C. The van der Waals surface area contributed by atoms with E-state index in [1.165, 1.54) is 0 Å². The Bertz CT molecular complexity index is 276. The lowest BCUT2D eigenvalue weighted by atomic mass is 10.2. The van der Waals surface area contributed by atoms with Crippen molar-refractivity contribution in [2.75, 3.05) is 0 Å². The van der Waals surface area contributed by atoms with Crippen molar-refractivity contribution in [3.8, 4) is 0 Å². The standard InChI is InChI=1S/C8H11NO2/c1-6-7(5-8(10)11)3-4-9(6)2/h3-4H,5H2,1-2H3,(H,10,11). The molecule has 0 fully saturated rings. The molecule has 11 heavy (non-hydrogen) atoms. The van der Waals surface area contributed by atoms with E-state index in [1.54, 1.807) is 0 Å².